The van der Waals surface area contributed by atoms with Gasteiger partial charge in [-0.3, -0.25) is 4.79 Å². The van der Waals surface area contributed by atoms with E-state index in [9.17, 15) is 4.79 Å². The predicted octanol–water partition coefficient (Wildman–Crippen LogP) is 1.80. The summed E-state index contributed by atoms with van der Waals surface area (Å²) in [6, 6.07) is 0. The number of ketones is 1. The topological polar surface area (TPSA) is 26.3 Å². The van der Waals surface area contributed by atoms with E-state index in [1.165, 1.54) is 6.42 Å². The molecule has 2 aliphatic rings. The monoisotopic (exact) mass is 152 g/mol. The standard InChI is InChI=1S/C9H12O2/c10-8-4-7-11-9(8)5-2-1-3-6-9/h4,7H,1-3,5-6H2. The lowest BCUT2D eigenvalue weighted by Gasteiger charge is -2.30. The molecule has 0 N–H and O–H groups in total. The van der Waals surface area contributed by atoms with E-state index in [0.717, 1.165) is 25.7 Å². The molecule has 1 saturated carbocycles. The van der Waals surface area contributed by atoms with Crippen LogP contribution in [0, 0.1) is 0 Å². The van der Waals surface area contributed by atoms with Crippen molar-refractivity contribution in [1.82, 2.24) is 0 Å². The lowest BCUT2D eigenvalue weighted by Crippen LogP contribution is -2.38. The molecule has 2 nitrogen and oxygen atoms in total. The van der Waals surface area contributed by atoms with Crippen LogP contribution in [-0.2, 0) is 9.53 Å². The predicted molar refractivity (Wildman–Crippen MR) is 41.0 cm³/mol. The van der Waals surface area contributed by atoms with Crippen molar-refractivity contribution >= 4 is 5.78 Å². The maximum atomic E-state index is 11.3. The van der Waals surface area contributed by atoms with Gasteiger partial charge in [0.1, 0.15) is 0 Å². The van der Waals surface area contributed by atoms with Gasteiger partial charge in [0.05, 0.1) is 6.26 Å². The van der Waals surface area contributed by atoms with Crippen molar-refractivity contribution in [2.24, 2.45) is 0 Å². The van der Waals surface area contributed by atoms with Gasteiger partial charge < -0.3 is 4.74 Å². The molecule has 0 atom stereocenters. The lowest BCUT2D eigenvalue weighted by atomic mass is 9.82. The molecule has 0 aromatic rings. The quantitative estimate of drug-likeness (QED) is 0.529. The summed E-state index contributed by atoms with van der Waals surface area (Å²) in [5, 5.41) is 0. The van der Waals surface area contributed by atoms with Crippen molar-refractivity contribution in [1.29, 1.82) is 0 Å². The van der Waals surface area contributed by atoms with Crippen LogP contribution in [0.4, 0.5) is 0 Å². The summed E-state index contributed by atoms with van der Waals surface area (Å²) in [7, 11) is 0. The van der Waals surface area contributed by atoms with Crippen LogP contribution in [0.5, 0.6) is 0 Å². The molecule has 0 saturated heterocycles. The van der Waals surface area contributed by atoms with E-state index in [0.29, 0.717) is 0 Å². The minimum atomic E-state index is -0.418. The summed E-state index contributed by atoms with van der Waals surface area (Å²) in [5.41, 5.74) is -0.418. The highest BCUT2D eigenvalue weighted by atomic mass is 16.5. The largest absolute Gasteiger partial charge is 0.487 e. The second kappa shape index (κ2) is 2.36. The summed E-state index contributed by atoms with van der Waals surface area (Å²) >= 11 is 0. The van der Waals surface area contributed by atoms with Crippen molar-refractivity contribution in [3.8, 4) is 0 Å². The minimum Gasteiger partial charge on any atom is -0.487 e. The number of hydrogen-bond acceptors (Lipinski definition) is 2. The summed E-state index contributed by atoms with van der Waals surface area (Å²) in [4.78, 5) is 11.3. The molecule has 0 unspecified atom stereocenters. The van der Waals surface area contributed by atoms with Gasteiger partial charge in [-0.05, 0) is 25.7 Å². The second-order valence-electron chi connectivity index (χ2n) is 3.34. The number of carbonyl (C=O) groups excluding carboxylic acids is 1. The van der Waals surface area contributed by atoms with Crippen LogP contribution in [0.1, 0.15) is 32.1 Å². The first-order valence-corrected chi connectivity index (χ1v) is 4.22. The Hall–Kier alpha value is -0.790. The van der Waals surface area contributed by atoms with Gasteiger partial charge >= 0.3 is 0 Å². The van der Waals surface area contributed by atoms with Crippen LogP contribution in [0.3, 0.4) is 0 Å². The highest BCUT2D eigenvalue weighted by Gasteiger charge is 2.41. The van der Waals surface area contributed by atoms with Gasteiger partial charge in [-0.1, -0.05) is 6.42 Å². The van der Waals surface area contributed by atoms with Gasteiger partial charge in [-0.2, -0.15) is 0 Å². The molecule has 1 heterocycles. The Morgan fingerprint density at radius 2 is 2.00 bits per heavy atom. The zero-order valence-corrected chi connectivity index (χ0v) is 6.51. The smallest absolute Gasteiger partial charge is 0.202 e. The number of rotatable bonds is 0. The van der Waals surface area contributed by atoms with Crippen molar-refractivity contribution in [2.45, 2.75) is 37.7 Å². The SMILES string of the molecule is O=C1C=COC12CCCCC2. The zero-order chi connectivity index (χ0) is 7.73. The van der Waals surface area contributed by atoms with E-state index in [1.54, 1.807) is 12.3 Å². The lowest BCUT2D eigenvalue weighted by molar-refractivity contribution is -0.132. The third-order valence-corrected chi connectivity index (χ3v) is 2.62. The molecule has 2 rings (SSSR count). The highest BCUT2D eigenvalue weighted by Crippen LogP contribution is 2.35. The average Bonchev–Trinajstić information content (AvgIpc) is 2.36. The Morgan fingerprint density at radius 1 is 1.27 bits per heavy atom. The molecule has 2 heteroatoms. The van der Waals surface area contributed by atoms with Gasteiger partial charge in [-0.25, -0.2) is 0 Å². The molecule has 11 heavy (non-hydrogen) atoms. The van der Waals surface area contributed by atoms with E-state index in [2.05, 4.69) is 0 Å². The van der Waals surface area contributed by atoms with Gasteiger partial charge in [-0.15, -0.1) is 0 Å². The third-order valence-electron chi connectivity index (χ3n) is 2.62. The number of carbonyl (C=O) groups is 1. The van der Waals surface area contributed by atoms with Crippen molar-refractivity contribution in [3.05, 3.63) is 12.3 Å². The van der Waals surface area contributed by atoms with E-state index in [4.69, 9.17) is 4.74 Å². The van der Waals surface area contributed by atoms with E-state index in [-0.39, 0.29) is 5.78 Å². The van der Waals surface area contributed by atoms with E-state index >= 15 is 0 Å². The van der Waals surface area contributed by atoms with Crippen LogP contribution in [0.25, 0.3) is 0 Å². The summed E-state index contributed by atoms with van der Waals surface area (Å²) in [5.74, 6) is 0.178. The van der Waals surface area contributed by atoms with Crippen LogP contribution < -0.4 is 0 Å². The zero-order valence-electron chi connectivity index (χ0n) is 6.51. The Labute approximate surface area is 66.2 Å². The first kappa shape index (κ1) is 6.89. The molecule has 0 radical (unpaired) electrons. The molecule has 0 aromatic heterocycles. The molecule has 1 spiro atoms. The minimum absolute atomic E-state index is 0.178. The van der Waals surface area contributed by atoms with Crippen LogP contribution >= 0.6 is 0 Å². The highest BCUT2D eigenvalue weighted by molar-refractivity contribution is 5.98. The fraction of sp³-hybridized carbons (Fsp3) is 0.667. The summed E-state index contributed by atoms with van der Waals surface area (Å²) in [6.07, 6.45) is 8.45. The third kappa shape index (κ3) is 0.971. The molecule has 1 fully saturated rings. The van der Waals surface area contributed by atoms with Gasteiger partial charge in [0, 0.05) is 6.08 Å². The number of hydrogen-bond donors (Lipinski definition) is 0. The van der Waals surface area contributed by atoms with Crippen molar-refractivity contribution < 1.29 is 9.53 Å². The molecule has 0 amide bonds. The molecule has 1 aliphatic carbocycles. The Bertz CT molecular complexity index is 200. The second-order valence-corrected chi connectivity index (χ2v) is 3.34. The van der Waals surface area contributed by atoms with Crippen molar-refractivity contribution in [2.75, 3.05) is 0 Å². The van der Waals surface area contributed by atoms with Crippen LogP contribution in [0.2, 0.25) is 0 Å². The van der Waals surface area contributed by atoms with Crippen LogP contribution in [-0.4, -0.2) is 11.4 Å². The van der Waals surface area contributed by atoms with E-state index < -0.39 is 5.60 Å². The maximum absolute atomic E-state index is 11.3. The normalized spacial score (nSPS) is 27.5. The fourth-order valence-corrected chi connectivity index (χ4v) is 1.92. The maximum Gasteiger partial charge on any atom is 0.202 e. The molecule has 0 aromatic carbocycles. The van der Waals surface area contributed by atoms with E-state index in [1.807, 2.05) is 0 Å². The average molecular weight is 152 g/mol. The summed E-state index contributed by atoms with van der Waals surface area (Å²) < 4.78 is 5.36. The van der Waals surface area contributed by atoms with Gasteiger partial charge in [0.15, 0.2) is 5.60 Å². The Kier molecular flexibility index (Phi) is 1.48. The molecular formula is C9H12O2. The van der Waals surface area contributed by atoms with Gasteiger partial charge in [0.25, 0.3) is 0 Å². The first-order valence-electron chi connectivity index (χ1n) is 4.22. The first-order chi connectivity index (χ1) is 5.33. The van der Waals surface area contributed by atoms with Crippen molar-refractivity contribution in [3.63, 3.8) is 0 Å². The van der Waals surface area contributed by atoms with Crippen LogP contribution in [0.15, 0.2) is 12.3 Å². The Balaban J connectivity index is 2.15. The molecule has 0 bridgehead atoms. The van der Waals surface area contributed by atoms with Gasteiger partial charge in [0.2, 0.25) is 5.78 Å². The molecule has 60 valence electrons. The Morgan fingerprint density at radius 3 is 2.55 bits per heavy atom. The number of ether oxygens (including phenoxy) is 1. The summed E-state index contributed by atoms with van der Waals surface area (Å²) in [6.45, 7) is 0. The molecular weight excluding hydrogens is 140 g/mol. The fourth-order valence-electron chi connectivity index (χ4n) is 1.92. The molecule has 1 aliphatic heterocycles.